The smallest absolute Gasteiger partial charge is 0.227 e. The molecule has 0 aliphatic rings. The number of hydrogen-bond acceptors (Lipinski definition) is 4. The molecule has 1 N–H and O–H groups in total. The summed E-state index contributed by atoms with van der Waals surface area (Å²) in [6.07, 6.45) is 2.89. The van der Waals surface area contributed by atoms with Crippen molar-refractivity contribution in [3.8, 4) is 17.2 Å². The van der Waals surface area contributed by atoms with Crippen LogP contribution >= 0.6 is 11.8 Å². The Morgan fingerprint density at radius 3 is 2.27 bits per heavy atom. The van der Waals surface area contributed by atoms with Gasteiger partial charge in [-0.1, -0.05) is 61.5 Å². The van der Waals surface area contributed by atoms with Crippen LogP contribution in [0.3, 0.4) is 0 Å². The van der Waals surface area contributed by atoms with Gasteiger partial charge in [-0.2, -0.15) is 11.8 Å². The molecule has 30 heavy (non-hydrogen) atoms. The summed E-state index contributed by atoms with van der Waals surface area (Å²) in [6.45, 7) is 2.40. The number of ether oxygens (including phenoxy) is 2. The molecule has 4 nitrogen and oxygen atoms in total. The number of benzene rings is 3. The Morgan fingerprint density at radius 2 is 1.53 bits per heavy atom. The first-order valence-corrected chi connectivity index (χ1v) is 11.4. The first-order chi connectivity index (χ1) is 14.7. The number of carbonyl (C=O) groups excluding carboxylic acids is 1. The number of anilines is 1. The topological polar surface area (TPSA) is 47.6 Å². The molecule has 1 amide bonds. The van der Waals surface area contributed by atoms with Crippen LogP contribution in [0.5, 0.6) is 17.2 Å². The van der Waals surface area contributed by atoms with E-state index in [4.69, 9.17) is 9.47 Å². The molecule has 3 rings (SSSR count). The third-order valence-corrected chi connectivity index (χ3v) is 5.30. The van der Waals surface area contributed by atoms with Crippen molar-refractivity contribution in [3.05, 3.63) is 84.4 Å². The van der Waals surface area contributed by atoms with E-state index >= 15 is 0 Å². The van der Waals surface area contributed by atoms with Gasteiger partial charge in [-0.3, -0.25) is 4.79 Å². The molecule has 156 valence electrons. The van der Waals surface area contributed by atoms with Crippen LogP contribution in [0.4, 0.5) is 5.69 Å². The lowest BCUT2D eigenvalue weighted by Crippen LogP contribution is -2.21. The Kier molecular flexibility index (Phi) is 8.21. The third-order valence-electron chi connectivity index (χ3n) is 4.65. The molecular weight excluding hydrogens is 394 g/mol. The largest absolute Gasteiger partial charge is 0.485 e. The van der Waals surface area contributed by atoms with Gasteiger partial charge in [-0.05, 0) is 48.3 Å². The van der Waals surface area contributed by atoms with Crippen molar-refractivity contribution in [2.24, 2.45) is 5.92 Å². The number of amides is 1. The van der Waals surface area contributed by atoms with E-state index in [9.17, 15) is 4.79 Å². The minimum atomic E-state index is -0.0630. The van der Waals surface area contributed by atoms with Gasteiger partial charge in [-0.25, -0.2) is 0 Å². The zero-order chi connectivity index (χ0) is 21.2. The van der Waals surface area contributed by atoms with E-state index in [0.717, 1.165) is 17.7 Å². The van der Waals surface area contributed by atoms with Crippen molar-refractivity contribution in [2.45, 2.75) is 20.0 Å². The summed E-state index contributed by atoms with van der Waals surface area (Å²) in [5.74, 6) is 2.72. The van der Waals surface area contributed by atoms with Crippen LogP contribution in [0, 0.1) is 5.92 Å². The molecule has 0 saturated heterocycles. The second kappa shape index (κ2) is 11.3. The van der Waals surface area contributed by atoms with Crippen molar-refractivity contribution >= 4 is 23.4 Å². The van der Waals surface area contributed by atoms with E-state index in [1.165, 1.54) is 0 Å². The normalized spacial score (nSPS) is 11.5. The number of thioether (sulfide) groups is 1. The molecule has 3 aromatic carbocycles. The molecule has 0 saturated carbocycles. The standard InChI is InChI=1S/C25H27NO3S/c1-19(16-17-30-2)25(27)26-21-12-6-7-13-22(21)29-24-15-9-8-14-23(24)28-18-20-10-4-3-5-11-20/h3-15,19H,16-18H2,1-2H3,(H,26,27). The van der Waals surface area contributed by atoms with Gasteiger partial charge in [0.1, 0.15) is 6.61 Å². The molecule has 0 aliphatic heterocycles. The fraction of sp³-hybridized carbons (Fsp3) is 0.240. The molecule has 3 aromatic rings. The van der Waals surface area contributed by atoms with Gasteiger partial charge in [0.25, 0.3) is 0 Å². The van der Waals surface area contributed by atoms with Crippen molar-refractivity contribution in [3.63, 3.8) is 0 Å². The van der Waals surface area contributed by atoms with Crippen LogP contribution in [0.25, 0.3) is 0 Å². The number of nitrogens with one attached hydrogen (secondary N) is 1. The quantitative estimate of drug-likeness (QED) is 0.412. The molecule has 0 spiro atoms. The van der Waals surface area contributed by atoms with Gasteiger partial charge in [0.05, 0.1) is 5.69 Å². The lowest BCUT2D eigenvalue weighted by atomic mass is 10.1. The highest BCUT2D eigenvalue weighted by molar-refractivity contribution is 7.98. The number of para-hydroxylation sites is 4. The molecule has 0 aromatic heterocycles. The van der Waals surface area contributed by atoms with Crippen molar-refractivity contribution in [1.82, 2.24) is 0 Å². The number of hydrogen-bond donors (Lipinski definition) is 1. The van der Waals surface area contributed by atoms with Crippen molar-refractivity contribution in [2.75, 3.05) is 17.3 Å². The molecule has 0 heterocycles. The van der Waals surface area contributed by atoms with Crippen LogP contribution in [-0.2, 0) is 11.4 Å². The number of carbonyl (C=O) groups is 1. The summed E-state index contributed by atoms with van der Waals surface area (Å²) in [5, 5.41) is 3.00. The van der Waals surface area contributed by atoms with Crippen molar-refractivity contribution in [1.29, 1.82) is 0 Å². The molecule has 1 unspecified atom stereocenters. The Morgan fingerprint density at radius 1 is 0.900 bits per heavy atom. The average Bonchev–Trinajstić information content (AvgIpc) is 2.78. The van der Waals surface area contributed by atoms with Gasteiger partial charge in [0.2, 0.25) is 5.91 Å². The molecule has 0 fully saturated rings. The summed E-state index contributed by atoms with van der Waals surface area (Å²) >= 11 is 1.74. The highest BCUT2D eigenvalue weighted by Gasteiger charge is 2.16. The predicted octanol–water partition coefficient (Wildman–Crippen LogP) is 6.39. The van der Waals surface area contributed by atoms with Crippen LogP contribution in [-0.4, -0.2) is 17.9 Å². The first kappa shape index (κ1) is 21.8. The Labute approximate surface area is 182 Å². The highest BCUT2D eigenvalue weighted by atomic mass is 32.2. The monoisotopic (exact) mass is 421 g/mol. The molecule has 0 aliphatic carbocycles. The summed E-state index contributed by atoms with van der Waals surface area (Å²) in [6, 6.07) is 25.0. The zero-order valence-electron chi connectivity index (χ0n) is 17.3. The lowest BCUT2D eigenvalue weighted by Gasteiger charge is -2.17. The van der Waals surface area contributed by atoms with Crippen molar-refractivity contribution < 1.29 is 14.3 Å². The molecule has 0 bridgehead atoms. The van der Waals surface area contributed by atoms with E-state index < -0.39 is 0 Å². The van der Waals surface area contributed by atoms with Gasteiger partial charge in [0.15, 0.2) is 17.2 Å². The predicted molar refractivity (Wildman–Crippen MR) is 125 cm³/mol. The second-order valence-electron chi connectivity index (χ2n) is 6.99. The SMILES string of the molecule is CSCCC(C)C(=O)Nc1ccccc1Oc1ccccc1OCc1ccccc1. The highest BCUT2D eigenvalue weighted by Crippen LogP contribution is 2.35. The lowest BCUT2D eigenvalue weighted by molar-refractivity contribution is -0.119. The van der Waals surface area contributed by atoms with Crippen LogP contribution in [0.2, 0.25) is 0 Å². The van der Waals surface area contributed by atoms with Crippen LogP contribution in [0.1, 0.15) is 18.9 Å². The molecule has 1 atom stereocenters. The van der Waals surface area contributed by atoms with Gasteiger partial charge < -0.3 is 14.8 Å². The van der Waals surface area contributed by atoms with E-state index in [0.29, 0.717) is 29.5 Å². The zero-order valence-corrected chi connectivity index (χ0v) is 18.2. The Bertz CT molecular complexity index is 946. The summed E-state index contributed by atoms with van der Waals surface area (Å²) in [5.41, 5.74) is 1.73. The van der Waals surface area contributed by atoms with E-state index in [-0.39, 0.29) is 11.8 Å². The summed E-state index contributed by atoms with van der Waals surface area (Å²) < 4.78 is 12.1. The fourth-order valence-corrected chi connectivity index (χ4v) is 3.44. The molecular formula is C25H27NO3S. The fourth-order valence-electron chi connectivity index (χ4n) is 2.85. The van der Waals surface area contributed by atoms with Gasteiger partial charge >= 0.3 is 0 Å². The first-order valence-electron chi connectivity index (χ1n) is 10.00. The maximum atomic E-state index is 12.5. The average molecular weight is 422 g/mol. The van der Waals surface area contributed by atoms with E-state index in [1.54, 1.807) is 11.8 Å². The minimum absolute atomic E-state index is 0.00582. The van der Waals surface area contributed by atoms with Crippen LogP contribution < -0.4 is 14.8 Å². The molecule has 5 heteroatoms. The van der Waals surface area contributed by atoms with E-state index in [2.05, 4.69) is 5.32 Å². The Balaban J connectivity index is 1.72. The third kappa shape index (κ3) is 6.29. The maximum absolute atomic E-state index is 12.5. The maximum Gasteiger partial charge on any atom is 0.227 e. The van der Waals surface area contributed by atoms with Crippen LogP contribution in [0.15, 0.2) is 78.9 Å². The summed E-state index contributed by atoms with van der Waals surface area (Å²) in [4.78, 5) is 12.5. The summed E-state index contributed by atoms with van der Waals surface area (Å²) in [7, 11) is 0. The Hall–Kier alpha value is -2.92. The minimum Gasteiger partial charge on any atom is -0.485 e. The van der Waals surface area contributed by atoms with Gasteiger partial charge in [-0.15, -0.1) is 0 Å². The second-order valence-corrected chi connectivity index (χ2v) is 7.98. The van der Waals surface area contributed by atoms with E-state index in [1.807, 2.05) is 92.0 Å². The molecule has 0 radical (unpaired) electrons. The van der Waals surface area contributed by atoms with Gasteiger partial charge in [0, 0.05) is 5.92 Å². The number of rotatable bonds is 10.